The van der Waals surface area contributed by atoms with Crippen molar-refractivity contribution in [1.29, 1.82) is 0 Å². The van der Waals surface area contributed by atoms with Gasteiger partial charge in [0.1, 0.15) is 0 Å². The number of ether oxygens (including phenoxy) is 1. The highest BCUT2D eigenvalue weighted by molar-refractivity contribution is 7.98. The summed E-state index contributed by atoms with van der Waals surface area (Å²) in [7, 11) is 0. The van der Waals surface area contributed by atoms with Gasteiger partial charge in [0.2, 0.25) is 5.28 Å². The molecule has 1 heterocycles. The van der Waals surface area contributed by atoms with Gasteiger partial charge in [0, 0.05) is 11.9 Å². The zero-order valence-corrected chi connectivity index (χ0v) is 15.9. The number of rotatable bonds is 5. The SMILES string of the molecule is CCOC(=O)c1nc(Cl)ncc1SCc1ccc(C(C)(C)C)cc1. The fraction of sp³-hybridized carbons (Fsp3) is 0.389. The number of esters is 1. The van der Waals surface area contributed by atoms with Gasteiger partial charge < -0.3 is 4.74 Å². The van der Waals surface area contributed by atoms with Gasteiger partial charge in [-0.1, -0.05) is 45.0 Å². The quantitative estimate of drug-likeness (QED) is 0.429. The zero-order valence-electron chi connectivity index (χ0n) is 14.3. The number of hydrogen-bond acceptors (Lipinski definition) is 5. The molecular formula is C18H21ClN2O2S. The second kappa shape index (κ2) is 7.99. The highest BCUT2D eigenvalue weighted by Crippen LogP contribution is 2.28. The molecule has 6 heteroatoms. The van der Waals surface area contributed by atoms with Gasteiger partial charge >= 0.3 is 5.97 Å². The van der Waals surface area contributed by atoms with Crippen LogP contribution in [0, 0.1) is 0 Å². The molecular weight excluding hydrogens is 344 g/mol. The largest absolute Gasteiger partial charge is 0.461 e. The van der Waals surface area contributed by atoms with E-state index in [1.807, 2.05) is 0 Å². The van der Waals surface area contributed by atoms with Crippen molar-refractivity contribution in [1.82, 2.24) is 9.97 Å². The van der Waals surface area contributed by atoms with Gasteiger partial charge in [0.05, 0.1) is 11.5 Å². The molecule has 0 aliphatic rings. The molecule has 0 N–H and O–H groups in total. The Balaban J connectivity index is 2.13. The molecule has 0 fully saturated rings. The third-order valence-corrected chi connectivity index (χ3v) is 4.68. The van der Waals surface area contributed by atoms with Gasteiger partial charge in [-0.15, -0.1) is 11.8 Å². The van der Waals surface area contributed by atoms with Crippen LogP contribution >= 0.6 is 23.4 Å². The molecule has 0 unspecified atom stereocenters. The van der Waals surface area contributed by atoms with Crippen molar-refractivity contribution in [2.75, 3.05) is 6.61 Å². The number of halogens is 1. The van der Waals surface area contributed by atoms with Crippen LogP contribution in [0.2, 0.25) is 5.28 Å². The van der Waals surface area contributed by atoms with Crippen molar-refractivity contribution in [2.45, 2.75) is 43.8 Å². The van der Waals surface area contributed by atoms with Gasteiger partial charge in [0.15, 0.2) is 5.69 Å². The Bertz CT molecular complexity index is 712. The first-order chi connectivity index (χ1) is 11.3. The van der Waals surface area contributed by atoms with Gasteiger partial charge in [-0.05, 0) is 35.1 Å². The highest BCUT2D eigenvalue weighted by Gasteiger charge is 2.17. The summed E-state index contributed by atoms with van der Waals surface area (Å²) < 4.78 is 5.03. The highest BCUT2D eigenvalue weighted by atomic mass is 35.5. The Morgan fingerprint density at radius 1 is 1.25 bits per heavy atom. The fourth-order valence-corrected chi connectivity index (χ4v) is 3.10. The van der Waals surface area contributed by atoms with Crippen molar-refractivity contribution in [2.24, 2.45) is 0 Å². The van der Waals surface area contributed by atoms with Crippen LogP contribution in [0.25, 0.3) is 0 Å². The number of thioether (sulfide) groups is 1. The molecule has 24 heavy (non-hydrogen) atoms. The van der Waals surface area contributed by atoms with E-state index in [0.29, 0.717) is 17.3 Å². The van der Waals surface area contributed by atoms with E-state index < -0.39 is 5.97 Å². The van der Waals surface area contributed by atoms with Crippen molar-refractivity contribution in [3.8, 4) is 0 Å². The average molecular weight is 365 g/mol. The van der Waals surface area contributed by atoms with Gasteiger partial charge in [-0.25, -0.2) is 14.8 Å². The third kappa shape index (κ3) is 4.95. The summed E-state index contributed by atoms with van der Waals surface area (Å²) in [4.78, 5) is 20.6. The maximum atomic E-state index is 12.0. The van der Waals surface area contributed by atoms with Crippen molar-refractivity contribution in [3.63, 3.8) is 0 Å². The normalized spacial score (nSPS) is 11.4. The fourth-order valence-electron chi connectivity index (χ4n) is 2.06. The van der Waals surface area contributed by atoms with Crippen molar-refractivity contribution in [3.05, 3.63) is 52.6 Å². The summed E-state index contributed by atoms with van der Waals surface area (Å²) >= 11 is 7.29. The molecule has 2 aromatic rings. The first-order valence-corrected chi connectivity index (χ1v) is 9.09. The van der Waals surface area contributed by atoms with Gasteiger partial charge in [-0.2, -0.15) is 0 Å². The van der Waals surface area contributed by atoms with Gasteiger partial charge in [-0.3, -0.25) is 0 Å². The Morgan fingerprint density at radius 2 is 1.92 bits per heavy atom. The lowest BCUT2D eigenvalue weighted by molar-refractivity contribution is 0.0514. The molecule has 1 aromatic carbocycles. The Hall–Kier alpha value is -1.59. The minimum atomic E-state index is -0.479. The molecule has 4 nitrogen and oxygen atoms in total. The standard InChI is InChI=1S/C18H21ClN2O2S/c1-5-23-16(22)15-14(10-20-17(19)21-15)24-11-12-6-8-13(9-7-12)18(2,3)4/h6-10H,5,11H2,1-4H3. The third-order valence-electron chi connectivity index (χ3n) is 3.41. The number of benzene rings is 1. The number of carbonyl (C=O) groups is 1. The topological polar surface area (TPSA) is 52.1 Å². The molecule has 0 atom stereocenters. The average Bonchev–Trinajstić information content (AvgIpc) is 2.53. The maximum absolute atomic E-state index is 12.0. The smallest absolute Gasteiger partial charge is 0.358 e. The number of aromatic nitrogens is 2. The summed E-state index contributed by atoms with van der Waals surface area (Å²) in [6, 6.07) is 8.49. The minimum absolute atomic E-state index is 0.0388. The molecule has 1 aromatic heterocycles. The molecule has 2 rings (SSSR count). The summed E-state index contributed by atoms with van der Waals surface area (Å²) in [5, 5.41) is 0.0388. The Labute approximate surface area is 152 Å². The van der Waals surface area contributed by atoms with E-state index in [4.69, 9.17) is 16.3 Å². The summed E-state index contributed by atoms with van der Waals surface area (Å²) in [5.41, 5.74) is 2.80. The van der Waals surface area contributed by atoms with Crippen LogP contribution in [0.5, 0.6) is 0 Å². The molecule has 0 saturated carbocycles. The van der Waals surface area contributed by atoms with Crippen LogP contribution in [0.15, 0.2) is 35.4 Å². The number of carbonyl (C=O) groups excluding carboxylic acids is 1. The first kappa shape index (κ1) is 18.7. The summed E-state index contributed by atoms with van der Waals surface area (Å²) in [5.74, 6) is 0.231. The summed E-state index contributed by atoms with van der Waals surface area (Å²) in [6.45, 7) is 8.61. The van der Waals surface area contributed by atoms with E-state index in [1.165, 1.54) is 17.3 Å². The molecule has 0 bridgehead atoms. The molecule has 0 saturated heterocycles. The van der Waals surface area contributed by atoms with Crippen molar-refractivity contribution < 1.29 is 9.53 Å². The Kier molecular flexibility index (Phi) is 6.24. The molecule has 128 valence electrons. The van der Waals surface area contributed by atoms with Crippen LogP contribution in [-0.2, 0) is 15.9 Å². The molecule has 0 radical (unpaired) electrons. The van der Waals surface area contributed by atoms with Crippen LogP contribution in [0.1, 0.15) is 49.3 Å². The second-order valence-corrected chi connectivity index (χ2v) is 7.66. The maximum Gasteiger partial charge on any atom is 0.358 e. The van der Waals surface area contributed by atoms with Crippen LogP contribution in [0.3, 0.4) is 0 Å². The minimum Gasteiger partial charge on any atom is -0.461 e. The predicted octanol–water partition coefficient (Wildman–Crippen LogP) is 4.90. The lowest BCUT2D eigenvalue weighted by Gasteiger charge is -2.19. The Morgan fingerprint density at radius 3 is 2.50 bits per heavy atom. The lowest BCUT2D eigenvalue weighted by atomic mass is 9.87. The van der Waals surface area contributed by atoms with E-state index >= 15 is 0 Å². The van der Waals surface area contributed by atoms with Crippen molar-refractivity contribution >= 4 is 29.3 Å². The van der Waals surface area contributed by atoms with E-state index in [9.17, 15) is 4.79 Å². The summed E-state index contributed by atoms with van der Waals surface area (Å²) in [6.07, 6.45) is 1.57. The molecule has 0 spiro atoms. The number of nitrogens with zero attached hydrogens (tertiary/aromatic N) is 2. The van der Waals surface area contributed by atoms with Crippen LogP contribution in [0.4, 0.5) is 0 Å². The lowest BCUT2D eigenvalue weighted by Crippen LogP contribution is -2.10. The molecule has 0 aliphatic carbocycles. The van der Waals surface area contributed by atoms with E-state index in [2.05, 4.69) is 55.0 Å². The van der Waals surface area contributed by atoms with E-state index in [1.54, 1.807) is 13.1 Å². The van der Waals surface area contributed by atoms with Crippen LogP contribution < -0.4 is 0 Å². The predicted molar refractivity (Wildman–Crippen MR) is 97.7 cm³/mol. The second-order valence-electron chi connectivity index (χ2n) is 6.31. The van der Waals surface area contributed by atoms with E-state index in [-0.39, 0.29) is 16.4 Å². The van der Waals surface area contributed by atoms with Crippen LogP contribution in [-0.4, -0.2) is 22.5 Å². The zero-order chi connectivity index (χ0) is 17.7. The number of hydrogen-bond donors (Lipinski definition) is 0. The molecule has 0 aliphatic heterocycles. The monoisotopic (exact) mass is 364 g/mol. The van der Waals surface area contributed by atoms with E-state index in [0.717, 1.165) is 5.56 Å². The molecule has 0 amide bonds. The first-order valence-electron chi connectivity index (χ1n) is 7.73. The van der Waals surface area contributed by atoms with Gasteiger partial charge in [0.25, 0.3) is 0 Å².